The van der Waals surface area contributed by atoms with Crippen LogP contribution in [-0.4, -0.2) is 37.1 Å². The summed E-state index contributed by atoms with van der Waals surface area (Å²) in [7, 11) is 1.67. The lowest BCUT2D eigenvalue weighted by Gasteiger charge is -2.21. The number of ether oxygens (including phenoxy) is 1. The third kappa shape index (κ3) is 2.99. The normalized spacial score (nSPS) is 22.3. The largest absolute Gasteiger partial charge is 0.385 e. The van der Waals surface area contributed by atoms with E-state index in [1.165, 1.54) is 0 Å². The number of carbonyl (C=O) groups excluding carboxylic acids is 1. The number of methoxy groups -OCH3 is 1. The first-order valence-corrected chi connectivity index (χ1v) is 5.04. The van der Waals surface area contributed by atoms with Crippen molar-refractivity contribution in [1.82, 2.24) is 4.90 Å². The van der Waals surface area contributed by atoms with Gasteiger partial charge < -0.3 is 9.64 Å². The van der Waals surface area contributed by atoms with Crippen LogP contribution in [0.4, 0.5) is 0 Å². The van der Waals surface area contributed by atoms with Gasteiger partial charge in [0.15, 0.2) is 0 Å². The standard InChI is InChI=1S/C10H19NO2/c1-9-5-3-7-11(9)10(12)6-4-8-13-2/h9H,3-8H2,1-2H3/t9-/m1/s1. The number of hydrogen-bond acceptors (Lipinski definition) is 2. The summed E-state index contributed by atoms with van der Waals surface area (Å²) in [6, 6.07) is 0.454. The zero-order valence-electron chi connectivity index (χ0n) is 8.58. The van der Waals surface area contributed by atoms with Gasteiger partial charge in [-0.15, -0.1) is 0 Å². The molecule has 1 aliphatic rings. The number of nitrogens with zero attached hydrogens (tertiary/aromatic N) is 1. The molecule has 0 aromatic carbocycles. The third-order valence-corrected chi connectivity index (χ3v) is 2.61. The zero-order chi connectivity index (χ0) is 9.68. The predicted octanol–water partition coefficient (Wildman–Crippen LogP) is 1.42. The summed E-state index contributed by atoms with van der Waals surface area (Å²) >= 11 is 0. The van der Waals surface area contributed by atoms with E-state index in [9.17, 15) is 4.79 Å². The first-order valence-electron chi connectivity index (χ1n) is 5.04. The van der Waals surface area contributed by atoms with Gasteiger partial charge in [0.1, 0.15) is 0 Å². The highest BCUT2D eigenvalue weighted by atomic mass is 16.5. The Hall–Kier alpha value is -0.570. The fourth-order valence-electron chi connectivity index (χ4n) is 1.82. The highest BCUT2D eigenvalue weighted by Crippen LogP contribution is 2.17. The second-order valence-corrected chi connectivity index (χ2v) is 3.67. The molecule has 0 aromatic heterocycles. The van der Waals surface area contributed by atoms with E-state index < -0.39 is 0 Å². The molecule has 0 aliphatic carbocycles. The van der Waals surface area contributed by atoms with Crippen LogP contribution in [0, 0.1) is 0 Å². The minimum absolute atomic E-state index is 0.294. The van der Waals surface area contributed by atoms with Gasteiger partial charge in [0.25, 0.3) is 0 Å². The van der Waals surface area contributed by atoms with Crippen LogP contribution in [0.1, 0.15) is 32.6 Å². The molecule has 1 rings (SSSR count). The summed E-state index contributed by atoms with van der Waals surface area (Å²) < 4.78 is 4.91. The van der Waals surface area contributed by atoms with Crippen molar-refractivity contribution in [3.8, 4) is 0 Å². The maximum Gasteiger partial charge on any atom is 0.222 e. The number of carbonyl (C=O) groups is 1. The average Bonchev–Trinajstić information content (AvgIpc) is 2.52. The van der Waals surface area contributed by atoms with Crippen molar-refractivity contribution in [2.24, 2.45) is 0 Å². The lowest BCUT2D eigenvalue weighted by molar-refractivity contribution is -0.132. The van der Waals surface area contributed by atoms with E-state index >= 15 is 0 Å². The van der Waals surface area contributed by atoms with Crippen LogP contribution in [0.3, 0.4) is 0 Å². The first kappa shape index (κ1) is 10.5. The molecule has 0 saturated carbocycles. The molecule has 3 nitrogen and oxygen atoms in total. The summed E-state index contributed by atoms with van der Waals surface area (Å²) in [6.07, 6.45) is 3.81. The Morgan fingerprint density at radius 1 is 1.62 bits per heavy atom. The van der Waals surface area contributed by atoms with Gasteiger partial charge in [0.2, 0.25) is 5.91 Å². The van der Waals surface area contributed by atoms with E-state index in [0.29, 0.717) is 25.0 Å². The van der Waals surface area contributed by atoms with E-state index in [-0.39, 0.29) is 0 Å². The van der Waals surface area contributed by atoms with Gasteiger partial charge in [-0.05, 0) is 26.2 Å². The summed E-state index contributed by atoms with van der Waals surface area (Å²) in [5.41, 5.74) is 0. The quantitative estimate of drug-likeness (QED) is 0.620. The number of amides is 1. The molecule has 1 aliphatic heterocycles. The Kier molecular flexibility index (Phi) is 4.22. The van der Waals surface area contributed by atoms with Gasteiger partial charge in [-0.25, -0.2) is 0 Å². The molecule has 0 bridgehead atoms. The lowest BCUT2D eigenvalue weighted by Crippen LogP contribution is -2.33. The third-order valence-electron chi connectivity index (χ3n) is 2.61. The fourth-order valence-corrected chi connectivity index (χ4v) is 1.82. The molecule has 0 aromatic rings. The summed E-state index contributed by atoms with van der Waals surface area (Å²) in [6.45, 7) is 3.77. The molecule has 1 amide bonds. The van der Waals surface area contributed by atoms with E-state index in [4.69, 9.17) is 4.74 Å². The molecule has 13 heavy (non-hydrogen) atoms. The second-order valence-electron chi connectivity index (χ2n) is 3.67. The predicted molar refractivity (Wildman–Crippen MR) is 51.5 cm³/mol. The van der Waals surface area contributed by atoms with Crippen LogP contribution in [0.5, 0.6) is 0 Å². The minimum Gasteiger partial charge on any atom is -0.385 e. The topological polar surface area (TPSA) is 29.5 Å². The van der Waals surface area contributed by atoms with Gasteiger partial charge in [0, 0.05) is 32.7 Å². The Bertz CT molecular complexity index is 170. The lowest BCUT2D eigenvalue weighted by atomic mass is 10.2. The maximum atomic E-state index is 11.6. The highest BCUT2D eigenvalue weighted by Gasteiger charge is 2.23. The number of rotatable bonds is 4. The molecule has 0 radical (unpaired) electrons. The molecule has 0 unspecified atom stereocenters. The van der Waals surface area contributed by atoms with Crippen molar-refractivity contribution in [3.63, 3.8) is 0 Å². The second kappa shape index (κ2) is 5.22. The van der Waals surface area contributed by atoms with Crippen LogP contribution in [0.15, 0.2) is 0 Å². The van der Waals surface area contributed by atoms with Crippen LogP contribution in [0.25, 0.3) is 0 Å². The molecular weight excluding hydrogens is 166 g/mol. The summed E-state index contributed by atoms with van der Waals surface area (Å²) in [5, 5.41) is 0. The van der Waals surface area contributed by atoms with Crippen molar-refractivity contribution >= 4 is 5.91 Å². The smallest absolute Gasteiger partial charge is 0.222 e. The molecule has 0 spiro atoms. The van der Waals surface area contributed by atoms with Crippen LogP contribution in [-0.2, 0) is 9.53 Å². The van der Waals surface area contributed by atoms with Crippen molar-refractivity contribution in [3.05, 3.63) is 0 Å². The Morgan fingerprint density at radius 3 is 2.92 bits per heavy atom. The van der Waals surface area contributed by atoms with E-state index in [1.54, 1.807) is 7.11 Å². The van der Waals surface area contributed by atoms with Gasteiger partial charge in [0.05, 0.1) is 0 Å². The van der Waals surface area contributed by atoms with E-state index in [0.717, 1.165) is 25.8 Å². The zero-order valence-corrected chi connectivity index (χ0v) is 8.58. The molecule has 1 fully saturated rings. The van der Waals surface area contributed by atoms with Crippen molar-refractivity contribution in [2.45, 2.75) is 38.6 Å². The average molecular weight is 185 g/mol. The summed E-state index contributed by atoms with van der Waals surface area (Å²) in [4.78, 5) is 13.6. The minimum atomic E-state index is 0.294. The molecule has 1 heterocycles. The van der Waals surface area contributed by atoms with Crippen LogP contribution in [0.2, 0.25) is 0 Å². The highest BCUT2D eigenvalue weighted by molar-refractivity contribution is 5.76. The summed E-state index contributed by atoms with van der Waals surface area (Å²) in [5.74, 6) is 0.294. The van der Waals surface area contributed by atoms with Crippen molar-refractivity contribution in [2.75, 3.05) is 20.3 Å². The molecule has 76 valence electrons. The molecule has 1 atom stereocenters. The van der Waals surface area contributed by atoms with Crippen LogP contribution < -0.4 is 0 Å². The van der Waals surface area contributed by atoms with Crippen molar-refractivity contribution < 1.29 is 9.53 Å². The number of hydrogen-bond donors (Lipinski definition) is 0. The van der Waals surface area contributed by atoms with Gasteiger partial charge in [-0.3, -0.25) is 4.79 Å². The monoisotopic (exact) mass is 185 g/mol. The molecule has 3 heteroatoms. The Morgan fingerprint density at radius 2 is 2.38 bits per heavy atom. The molecule has 1 saturated heterocycles. The van der Waals surface area contributed by atoms with Gasteiger partial charge >= 0.3 is 0 Å². The number of likely N-dealkylation sites (tertiary alicyclic amines) is 1. The first-order chi connectivity index (χ1) is 6.25. The SMILES string of the molecule is COCCCC(=O)N1CCC[C@H]1C. The van der Waals surface area contributed by atoms with E-state index in [2.05, 4.69) is 6.92 Å². The van der Waals surface area contributed by atoms with Gasteiger partial charge in [-0.1, -0.05) is 0 Å². The van der Waals surface area contributed by atoms with Crippen molar-refractivity contribution in [1.29, 1.82) is 0 Å². The maximum absolute atomic E-state index is 11.6. The van der Waals surface area contributed by atoms with Gasteiger partial charge in [-0.2, -0.15) is 0 Å². The molecular formula is C10H19NO2. The molecule has 0 N–H and O–H groups in total. The Labute approximate surface area is 80.1 Å². The fraction of sp³-hybridized carbons (Fsp3) is 0.900. The van der Waals surface area contributed by atoms with E-state index in [1.807, 2.05) is 4.90 Å². The Balaban J connectivity index is 2.22. The van der Waals surface area contributed by atoms with Crippen LogP contribution >= 0.6 is 0 Å².